The molecule has 0 bridgehead atoms. The zero-order chi connectivity index (χ0) is 13.0. The standard InChI is InChI=1S/C14H18FNO2/c15-11-6-7-13(12(8-11)14(17)18)16-9-10-4-2-1-3-5-10/h6-8,10,16H,1-5,9H2,(H,17,18). The van der Waals surface area contributed by atoms with Crippen molar-refractivity contribution < 1.29 is 14.3 Å². The van der Waals surface area contributed by atoms with Gasteiger partial charge in [-0.05, 0) is 37.0 Å². The highest BCUT2D eigenvalue weighted by molar-refractivity contribution is 5.94. The van der Waals surface area contributed by atoms with Crippen LogP contribution in [0, 0.1) is 11.7 Å². The lowest BCUT2D eigenvalue weighted by molar-refractivity contribution is 0.0697. The van der Waals surface area contributed by atoms with Crippen LogP contribution in [0.2, 0.25) is 0 Å². The third-order valence-corrected chi connectivity index (χ3v) is 3.52. The lowest BCUT2D eigenvalue weighted by Crippen LogP contribution is -2.18. The number of hydrogen-bond donors (Lipinski definition) is 2. The first-order valence-corrected chi connectivity index (χ1v) is 6.43. The van der Waals surface area contributed by atoms with Crippen molar-refractivity contribution in [1.29, 1.82) is 0 Å². The number of benzene rings is 1. The second kappa shape index (κ2) is 5.85. The van der Waals surface area contributed by atoms with Gasteiger partial charge in [0.1, 0.15) is 5.82 Å². The van der Waals surface area contributed by atoms with Gasteiger partial charge in [0.15, 0.2) is 0 Å². The molecule has 2 rings (SSSR count). The van der Waals surface area contributed by atoms with E-state index in [-0.39, 0.29) is 5.56 Å². The SMILES string of the molecule is O=C(O)c1cc(F)ccc1NCC1CCCCC1. The molecule has 1 aliphatic rings. The van der Waals surface area contributed by atoms with Gasteiger partial charge in [-0.15, -0.1) is 0 Å². The molecule has 0 spiro atoms. The topological polar surface area (TPSA) is 49.3 Å². The molecule has 1 saturated carbocycles. The normalized spacial score (nSPS) is 16.5. The summed E-state index contributed by atoms with van der Waals surface area (Å²) in [4.78, 5) is 11.0. The van der Waals surface area contributed by atoms with Gasteiger partial charge in [0, 0.05) is 12.2 Å². The van der Waals surface area contributed by atoms with Gasteiger partial charge in [0.05, 0.1) is 5.56 Å². The van der Waals surface area contributed by atoms with Crippen LogP contribution in [-0.2, 0) is 0 Å². The van der Waals surface area contributed by atoms with Crippen molar-refractivity contribution in [3.63, 3.8) is 0 Å². The van der Waals surface area contributed by atoms with Crippen molar-refractivity contribution in [1.82, 2.24) is 0 Å². The highest BCUT2D eigenvalue weighted by Crippen LogP contribution is 2.25. The van der Waals surface area contributed by atoms with Gasteiger partial charge in [-0.3, -0.25) is 0 Å². The van der Waals surface area contributed by atoms with Crippen LogP contribution in [0.1, 0.15) is 42.5 Å². The van der Waals surface area contributed by atoms with Crippen LogP contribution in [0.5, 0.6) is 0 Å². The number of carbonyl (C=O) groups is 1. The van der Waals surface area contributed by atoms with E-state index in [1.54, 1.807) is 0 Å². The first-order valence-electron chi connectivity index (χ1n) is 6.43. The number of nitrogens with one attached hydrogen (secondary N) is 1. The molecule has 4 heteroatoms. The summed E-state index contributed by atoms with van der Waals surface area (Å²) in [6.07, 6.45) is 6.18. The third kappa shape index (κ3) is 3.22. The number of rotatable bonds is 4. The Morgan fingerprint density at radius 3 is 2.72 bits per heavy atom. The average molecular weight is 251 g/mol. The van der Waals surface area contributed by atoms with Gasteiger partial charge in [-0.25, -0.2) is 9.18 Å². The van der Waals surface area contributed by atoms with Gasteiger partial charge in [0.2, 0.25) is 0 Å². The summed E-state index contributed by atoms with van der Waals surface area (Å²) in [6, 6.07) is 3.85. The molecule has 3 nitrogen and oxygen atoms in total. The Bertz CT molecular complexity index is 428. The monoisotopic (exact) mass is 251 g/mol. The number of aromatic carboxylic acids is 1. The molecule has 1 aromatic rings. The molecule has 0 amide bonds. The summed E-state index contributed by atoms with van der Waals surface area (Å²) in [7, 11) is 0. The van der Waals surface area contributed by atoms with Gasteiger partial charge in [-0.2, -0.15) is 0 Å². The molecule has 0 heterocycles. The van der Waals surface area contributed by atoms with Crippen LogP contribution in [0.4, 0.5) is 10.1 Å². The summed E-state index contributed by atoms with van der Waals surface area (Å²) in [5, 5.41) is 12.2. The minimum Gasteiger partial charge on any atom is -0.478 e. The number of halogens is 1. The van der Waals surface area contributed by atoms with Crippen LogP contribution in [0.3, 0.4) is 0 Å². The zero-order valence-corrected chi connectivity index (χ0v) is 10.3. The molecule has 0 saturated heterocycles. The van der Waals surface area contributed by atoms with Crippen molar-refractivity contribution in [3.8, 4) is 0 Å². The van der Waals surface area contributed by atoms with E-state index < -0.39 is 11.8 Å². The molecule has 98 valence electrons. The Hall–Kier alpha value is -1.58. The van der Waals surface area contributed by atoms with Gasteiger partial charge >= 0.3 is 5.97 Å². The largest absolute Gasteiger partial charge is 0.478 e. The Kier molecular flexibility index (Phi) is 4.18. The molecule has 18 heavy (non-hydrogen) atoms. The maximum Gasteiger partial charge on any atom is 0.337 e. The number of hydrogen-bond acceptors (Lipinski definition) is 2. The number of carboxylic acids is 1. The smallest absolute Gasteiger partial charge is 0.337 e. The van der Waals surface area contributed by atoms with Crippen molar-refractivity contribution >= 4 is 11.7 Å². The Morgan fingerprint density at radius 1 is 1.33 bits per heavy atom. The number of anilines is 1. The minimum atomic E-state index is -1.10. The molecule has 1 aliphatic carbocycles. The van der Waals surface area contributed by atoms with E-state index in [0.29, 0.717) is 11.6 Å². The molecule has 0 aromatic heterocycles. The van der Waals surface area contributed by atoms with Crippen LogP contribution >= 0.6 is 0 Å². The van der Waals surface area contributed by atoms with Crippen LogP contribution in [0.15, 0.2) is 18.2 Å². The first-order chi connectivity index (χ1) is 8.66. The summed E-state index contributed by atoms with van der Waals surface area (Å²) in [5.41, 5.74) is 0.514. The van der Waals surface area contributed by atoms with E-state index in [4.69, 9.17) is 5.11 Å². The maximum absolute atomic E-state index is 13.0. The highest BCUT2D eigenvalue weighted by Gasteiger charge is 2.15. The molecule has 0 radical (unpaired) electrons. The van der Waals surface area contributed by atoms with Crippen LogP contribution in [0.25, 0.3) is 0 Å². The van der Waals surface area contributed by atoms with Gasteiger partial charge < -0.3 is 10.4 Å². The average Bonchev–Trinajstić information content (AvgIpc) is 2.38. The molecular formula is C14H18FNO2. The maximum atomic E-state index is 13.0. The predicted molar refractivity (Wildman–Crippen MR) is 68.4 cm³/mol. The quantitative estimate of drug-likeness (QED) is 0.860. The summed E-state index contributed by atoms with van der Waals surface area (Å²) in [5.74, 6) is -1.01. The second-order valence-electron chi connectivity index (χ2n) is 4.88. The Balaban J connectivity index is 2.01. The van der Waals surface area contributed by atoms with E-state index in [0.717, 1.165) is 12.6 Å². The van der Waals surface area contributed by atoms with Crippen LogP contribution in [-0.4, -0.2) is 17.6 Å². The second-order valence-corrected chi connectivity index (χ2v) is 4.88. The summed E-state index contributed by atoms with van der Waals surface area (Å²) in [6.45, 7) is 0.770. The summed E-state index contributed by atoms with van der Waals surface area (Å²) < 4.78 is 13.0. The molecule has 0 unspecified atom stereocenters. The number of carboxylic acid groups (broad SMARTS) is 1. The fraction of sp³-hybridized carbons (Fsp3) is 0.500. The minimum absolute atomic E-state index is 0.00538. The predicted octanol–water partition coefficient (Wildman–Crippen LogP) is 3.52. The van der Waals surface area contributed by atoms with Crippen molar-refractivity contribution in [2.75, 3.05) is 11.9 Å². The molecule has 0 aliphatic heterocycles. The zero-order valence-electron chi connectivity index (χ0n) is 10.3. The molecule has 1 fully saturated rings. The van der Waals surface area contributed by atoms with Crippen molar-refractivity contribution in [3.05, 3.63) is 29.6 Å². The molecule has 1 aromatic carbocycles. The van der Waals surface area contributed by atoms with E-state index in [1.165, 1.54) is 44.2 Å². The first kappa shape index (κ1) is 12.9. The van der Waals surface area contributed by atoms with Gasteiger partial charge in [0.25, 0.3) is 0 Å². The van der Waals surface area contributed by atoms with Gasteiger partial charge in [-0.1, -0.05) is 19.3 Å². The van der Waals surface area contributed by atoms with E-state index in [2.05, 4.69) is 5.32 Å². The lowest BCUT2D eigenvalue weighted by Gasteiger charge is -2.22. The summed E-state index contributed by atoms with van der Waals surface area (Å²) >= 11 is 0. The molecule has 2 N–H and O–H groups in total. The van der Waals surface area contributed by atoms with E-state index >= 15 is 0 Å². The lowest BCUT2D eigenvalue weighted by atomic mass is 9.89. The van der Waals surface area contributed by atoms with E-state index in [1.807, 2.05) is 0 Å². The highest BCUT2D eigenvalue weighted by atomic mass is 19.1. The third-order valence-electron chi connectivity index (χ3n) is 3.52. The van der Waals surface area contributed by atoms with E-state index in [9.17, 15) is 9.18 Å². The Morgan fingerprint density at radius 2 is 2.06 bits per heavy atom. The Labute approximate surface area is 106 Å². The van der Waals surface area contributed by atoms with Crippen LogP contribution < -0.4 is 5.32 Å². The van der Waals surface area contributed by atoms with Crippen molar-refractivity contribution in [2.24, 2.45) is 5.92 Å². The fourth-order valence-electron chi connectivity index (χ4n) is 2.49. The molecular weight excluding hydrogens is 233 g/mol. The fourth-order valence-corrected chi connectivity index (χ4v) is 2.49. The molecule has 0 atom stereocenters. The van der Waals surface area contributed by atoms with Crippen molar-refractivity contribution in [2.45, 2.75) is 32.1 Å².